The van der Waals surface area contributed by atoms with Crippen molar-refractivity contribution in [3.8, 4) is 0 Å². The molecule has 1 atom stereocenters. The Labute approximate surface area is 104 Å². The maximum atomic E-state index is 11.3. The van der Waals surface area contributed by atoms with Crippen LogP contribution in [0.2, 0.25) is 0 Å². The van der Waals surface area contributed by atoms with Gasteiger partial charge in [0.25, 0.3) is 0 Å². The van der Waals surface area contributed by atoms with Gasteiger partial charge in [-0.2, -0.15) is 0 Å². The van der Waals surface area contributed by atoms with Crippen molar-refractivity contribution < 1.29 is 14.6 Å². The summed E-state index contributed by atoms with van der Waals surface area (Å²) in [6.45, 7) is 8.34. The second-order valence-corrected chi connectivity index (χ2v) is 5.77. The molecule has 0 amide bonds. The molecule has 0 aliphatic heterocycles. The second-order valence-electron chi connectivity index (χ2n) is 5.77. The second kappa shape index (κ2) is 5.36. The van der Waals surface area contributed by atoms with Crippen LogP contribution in [0.4, 0.5) is 0 Å². The summed E-state index contributed by atoms with van der Waals surface area (Å²) in [6.07, 6.45) is 3.60. The van der Waals surface area contributed by atoms with Crippen molar-refractivity contribution in [2.45, 2.75) is 70.6 Å². The third-order valence-electron chi connectivity index (χ3n) is 3.52. The molecule has 0 bridgehead atoms. The van der Waals surface area contributed by atoms with Gasteiger partial charge in [0.05, 0.1) is 5.60 Å². The number of aliphatic carboxylic acids is 1. The fourth-order valence-electron chi connectivity index (χ4n) is 1.55. The molecule has 4 heteroatoms. The van der Waals surface area contributed by atoms with E-state index in [0.717, 1.165) is 19.3 Å². The van der Waals surface area contributed by atoms with E-state index in [9.17, 15) is 9.90 Å². The van der Waals surface area contributed by atoms with E-state index in [0.29, 0.717) is 19.1 Å². The molecule has 0 radical (unpaired) electrons. The Morgan fingerprint density at radius 3 is 2.41 bits per heavy atom. The van der Waals surface area contributed by atoms with Gasteiger partial charge in [0.2, 0.25) is 0 Å². The Morgan fingerprint density at radius 2 is 2.00 bits per heavy atom. The monoisotopic (exact) mass is 243 g/mol. The van der Waals surface area contributed by atoms with Crippen LogP contribution in [0.1, 0.15) is 53.4 Å². The highest BCUT2D eigenvalue weighted by Gasteiger charge is 2.38. The number of ether oxygens (including phenoxy) is 1. The molecule has 0 spiro atoms. The van der Waals surface area contributed by atoms with Crippen LogP contribution in [0.25, 0.3) is 0 Å². The van der Waals surface area contributed by atoms with Crippen LogP contribution in [-0.4, -0.2) is 34.9 Å². The number of carboxylic acids is 1. The molecule has 1 unspecified atom stereocenters. The highest BCUT2D eigenvalue weighted by atomic mass is 16.5. The molecule has 17 heavy (non-hydrogen) atoms. The van der Waals surface area contributed by atoms with Gasteiger partial charge >= 0.3 is 5.97 Å². The molecule has 100 valence electrons. The van der Waals surface area contributed by atoms with Gasteiger partial charge in [-0.1, -0.05) is 6.92 Å². The number of carboxylic acid groups (broad SMARTS) is 1. The Hall–Kier alpha value is -0.610. The zero-order valence-electron chi connectivity index (χ0n) is 11.4. The molecule has 1 aliphatic rings. The van der Waals surface area contributed by atoms with Gasteiger partial charge in [0.1, 0.15) is 5.54 Å². The van der Waals surface area contributed by atoms with Crippen molar-refractivity contribution >= 4 is 5.97 Å². The average molecular weight is 243 g/mol. The Balaban J connectivity index is 2.41. The highest BCUT2D eigenvalue weighted by Crippen LogP contribution is 2.25. The number of hydrogen-bond donors (Lipinski definition) is 2. The molecule has 0 aromatic carbocycles. The molecular weight excluding hydrogens is 218 g/mol. The molecule has 4 nitrogen and oxygen atoms in total. The van der Waals surface area contributed by atoms with Crippen molar-refractivity contribution in [3.63, 3.8) is 0 Å². The molecule has 0 saturated heterocycles. The van der Waals surface area contributed by atoms with E-state index in [-0.39, 0.29) is 5.60 Å². The lowest BCUT2D eigenvalue weighted by Gasteiger charge is -2.29. The SMILES string of the molecule is CCC(C)(C)OCCC(C)(NC1CC1)C(=O)O. The molecule has 2 N–H and O–H groups in total. The summed E-state index contributed by atoms with van der Waals surface area (Å²) >= 11 is 0. The average Bonchev–Trinajstić information content (AvgIpc) is 3.01. The minimum Gasteiger partial charge on any atom is -0.480 e. The van der Waals surface area contributed by atoms with Crippen LogP contribution in [0.15, 0.2) is 0 Å². The minimum atomic E-state index is -0.856. The summed E-state index contributed by atoms with van der Waals surface area (Å²) in [5, 5.41) is 12.5. The fraction of sp³-hybridized carbons (Fsp3) is 0.923. The van der Waals surface area contributed by atoms with Crippen molar-refractivity contribution in [1.82, 2.24) is 5.32 Å². The zero-order chi connectivity index (χ0) is 13.1. The Bertz CT molecular complexity index is 274. The van der Waals surface area contributed by atoms with Gasteiger partial charge in [0, 0.05) is 12.6 Å². The van der Waals surface area contributed by atoms with Gasteiger partial charge in [-0.25, -0.2) is 0 Å². The van der Waals surface area contributed by atoms with Gasteiger partial charge in [0.15, 0.2) is 0 Å². The zero-order valence-corrected chi connectivity index (χ0v) is 11.4. The first-order valence-electron chi connectivity index (χ1n) is 6.44. The lowest BCUT2D eigenvalue weighted by Crippen LogP contribution is -2.51. The van der Waals surface area contributed by atoms with Crippen molar-refractivity contribution in [2.24, 2.45) is 0 Å². The number of hydrogen-bond acceptors (Lipinski definition) is 3. The fourth-order valence-corrected chi connectivity index (χ4v) is 1.55. The van der Waals surface area contributed by atoms with Crippen molar-refractivity contribution in [2.75, 3.05) is 6.61 Å². The lowest BCUT2D eigenvalue weighted by atomic mass is 9.98. The Morgan fingerprint density at radius 1 is 1.41 bits per heavy atom. The predicted molar refractivity (Wildman–Crippen MR) is 67.1 cm³/mol. The Kier molecular flexibility index (Phi) is 4.55. The van der Waals surface area contributed by atoms with Crippen LogP contribution in [-0.2, 0) is 9.53 Å². The molecule has 1 rings (SSSR count). The highest BCUT2D eigenvalue weighted by molar-refractivity contribution is 5.78. The molecule has 1 fully saturated rings. The predicted octanol–water partition coefficient (Wildman–Crippen LogP) is 2.18. The summed E-state index contributed by atoms with van der Waals surface area (Å²) in [4.78, 5) is 11.3. The lowest BCUT2D eigenvalue weighted by molar-refractivity contribution is -0.146. The first kappa shape index (κ1) is 14.5. The van der Waals surface area contributed by atoms with Gasteiger partial charge in [-0.15, -0.1) is 0 Å². The van der Waals surface area contributed by atoms with Crippen LogP contribution >= 0.6 is 0 Å². The van der Waals surface area contributed by atoms with Crippen LogP contribution in [0.3, 0.4) is 0 Å². The summed E-state index contributed by atoms with van der Waals surface area (Å²) < 4.78 is 5.72. The molecule has 1 aliphatic carbocycles. The van der Waals surface area contributed by atoms with Crippen LogP contribution in [0, 0.1) is 0 Å². The van der Waals surface area contributed by atoms with E-state index in [4.69, 9.17) is 4.74 Å². The van der Waals surface area contributed by atoms with E-state index in [2.05, 4.69) is 12.2 Å². The van der Waals surface area contributed by atoms with E-state index < -0.39 is 11.5 Å². The summed E-state index contributed by atoms with van der Waals surface area (Å²) in [5.41, 5.74) is -1.02. The van der Waals surface area contributed by atoms with Crippen molar-refractivity contribution in [1.29, 1.82) is 0 Å². The van der Waals surface area contributed by atoms with Gasteiger partial charge in [-0.05, 0) is 46.5 Å². The van der Waals surface area contributed by atoms with Crippen LogP contribution in [0.5, 0.6) is 0 Å². The van der Waals surface area contributed by atoms with Gasteiger partial charge < -0.3 is 9.84 Å². The van der Waals surface area contributed by atoms with Gasteiger partial charge in [-0.3, -0.25) is 10.1 Å². The largest absolute Gasteiger partial charge is 0.480 e. The normalized spacial score (nSPS) is 20.0. The number of rotatable bonds is 8. The van der Waals surface area contributed by atoms with Crippen LogP contribution < -0.4 is 5.32 Å². The van der Waals surface area contributed by atoms with E-state index in [1.165, 1.54) is 0 Å². The molecule has 1 saturated carbocycles. The molecular formula is C13H25NO3. The molecule has 0 aromatic heterocycles. The molecule has 0 heterocycles. The maximum absolute atomic E-state index is 11.3. The quantitative estimate of drug-likeness (QED) is 0.686. The maximum Gasteiger partial charge on any atom is 0.323 e. The first-order chi connectivity index (χ1) is 7.79. The molecule has 0 aromatic rings. The third-order valence-corrected chi connectivity index (χ3v) is 3.52. The minimum absolute atomic E-state index is 0.168. The van der Waals surface area contributed by atoms with E-state index >= 15 is 0 Å². The summed E-state index contributed by atoms with van der Waals surface area (Å²) in [6, 6.07) is 0.385. The summed E-state index contributed by atoms with van der Waals surface area (Å²) in [7, 11) is 0. The van der Waals surface area contributed by atoms with E-state index in [1.807, 2.05) is 13.8 Å². The summed E-state index contributed by atoms with van der Waals surface area (Å²) in [5.74, 6) is -0.790. The number of carbonyl (C=O) groups is 1. The standard InChI is InChI=1S/C13H25NO3/c1-5-12(2,3)17-9-8-13(4,11(15)16)14-10-6-7-10/h10,14H,5-9H2,1-4H3,(H,15,16). The first-order valence-corrected chi connectivity index (χ1v) is 6.44. The van der Waals surface area contributed by atoms with Crippen molar-refractivity contribution in [3.05, 3.63) is 0 Å². The number of nitrogens with one attached hydrogen (secondary N) is 1. The van der Waals surface area contributed by atoms with E-state index in [1.54, 1.807) is 6.92 Å². The third kappa shape index (κ3) is 4.64. The topological polar surface area (TPSA) is 58.6 Å². The smallest absolute Gasteiger partial charge is 0.323 e.